The summed E-state index contributed by atoms with van der Waals surface area (Å²) in [6, 6.07) is 3.88. The molecule has 3 aromatic rings. The molecule has 0 spiro atoms. The van der Waals surface area contributed by atoms with Gasteiger partial charge in [-0.1, -0.05) is 0 Å². The van der Waals surface area contributed by atoms with Crippen LogP contribution in [0, 0.1) is 0 Å². The Morgan fingerprint density at radius 3 is 2.69 bits per heavy atom. The molecule has 1 aromatic carbocycles. The fourth-order valence-electron chi connectivity index (χ4n) is 3.47. The van der Waals surface area contributed by atoms with Crippen LogP contribution in [0.3, 0.4) is 0 Å². The number of fused-ring (bicyclic) bond motifs is 3. The fraction of sp³-hybridized carbons (Fsp3) is 0.444. The summed E-state index contributed by atoms with van der Waals surface area (Å²) >= 11 is 0. The molecule has 1 aliphatic heterocycles. The first-order valence-corrected chi connectivity index (χ1v) is 8.22. The van der Waals surface area contributed by atoms with Gasteiger partial charge in [-0.2, -0.15) is 13.2 Å². The molecule has 0 bridgehead atoms. The zero-order valence-electron chi connectivity index (χ0n) is 16.9. The molecular weight excluding hydrogens is 347 g/mol. The average Bonchev–Trinajstić information content (AvgIpc) is 3.03. The number of likely N-dealkylation sites (tertiary alicyclic amines) is 1. The van der Waals surface area contributed by atoms with Crippen molar-refractivity contribution in [2.75, 3.05) is 20.1 Å². The van der Waals surface area contributed by atoms with Gasteiger partial charge >= 0.3 is 6.18 Å². The molecule has 0 unspecified atom stereocenters. The van der Waals surface area contributed by atoms with Crippen LogP contribution in [-0.2, 0) is 13.2 Å². The Bertz CT molecular complexity index is 1140. The van der Waals surface area contributed by atoms with Crippen molar-refractivity contribution in [1.82, 2.24) is 14.5 Å². The summed E-state index contributed by atoms with van der Waals surface area (Å²) < 4.78 is 69.3. The Labute approximate surface area is 151 Å². The summed E-state index contributed by atoms with van der Waals surface area (Å²) in [5.41, 5.74) is -1.14. The lowest BCUT2D eigenvalue weighted by atomic mass is 9.94. The molecule has 1 saturated heterocycles. The molecule has 8 heteroatoms. The summed E-state index contributed by atoms with van der Waals surface area (Å²) in [5.74, 6) is -1.26. The smallest absolute Gasteiger partial charge is 0.449 e. The number of nitrogens with zero attached hydrogens (tertiary/aromatic N) is 3. The highest BCUT2D eigenvalue weighted by Gasteiger charge is 2.37. The molecular formula is C18H18F3N3O2. The molecule has 0 saturated carbocycles. The van der Waals surface area contributed by atoms with Gasteiger partial charge < -0.3 is 13.9 Å². The van der Waals surface area contributed by atoms with Crippen LogP contribution in [-0.4, -0.2) is 34.6 Å². The number of alkyl halides is 3. The number of piperidine rings is 1. The Morgan fingerprint density at radius 2 is 2.04 bits per heavy atom. The molecule has 0 amide bonds. The average molecular weight is 368 g/mol. The van der Waals surface area contributed by atoms with E-state index in [-0.39, 0.29) is 32.5 Å². The molecule has 138 valence electrons. The maximum atomic E-state index is 13.5. The van der Waals surface area contributed by atoms with E-state index >= 15 is 0 Å². The van der Waals surface area contributed by atoms with Crippen molar-refractivity contribution in [3.63, 3.8) is 0 Å². The minimum Gasteiger partial charge on any atom is -0.458 e. The number of halogens is 3. The van der Waals surface area contributed by atoms with Crippen LogP contribution in [0.2, 0.25) is 0 Å². The van der Waals surface area contributed by atoms with Gasteiger partial charge in [0.15, 0.2) is 11.0 Å². The van der Waals surface area contributed by atoms with Gasteiger partial charge in [0.2, 0.25) is 5.82 Å². The first-order valence-electron chi connectivity index (χ1n) is 9.72. The van der Waals surface area contributed by atoms with E-state index in [1.165, 1.54) is 18.2 Å². The monoisotopic (exact) mass is 368 g/mol. The van der Waals surface area contributed by atoms with Crippen LogP contribution >= 0.6 is 0 Å². The van der Waals surface area contributed by atoms with Gasteiger partial charge in [0.05, 0.1) is 10.9 Å². The Hall–Kier alpha value is -2.35. The predicted molar refractivity (Wildman–Crippen MR) is 91.2 cm³/mol. The lowest BCUT2D eigenvalue weighted by Gasteiger charge is -2.28. The Balaban J connectivity index is 2.04. The van der Waals surface area contributed by atoms with E-state index in [1.54, 1.807) is 0 Å². The third-order valence-corrected chi connectivity index (χ3v) is 4.91. The Morgan fingerprint density at radius 1 is 1.31 bits per heavy atom. The van der Waals surface area contributed by atoms with E-state index in [0.29, 0.717) is 5.76 Å². The number of benzene rings is 1. The van der Waals surface area contributed by atoms with Crippen LogP contribution in [0.25, 0.3) is 22.0 Å². The SMILES string of the molecule is [2H]C([2H])([2H])n1c(C(F)(F)F)nc2ccc3c(=O)cc(C4CCN(C)CC4)oc3c21. The van der Waals surface area contributed by atoms with Gasteiger partial charge in [-0.3, -0.25) is 4.79 Å². The van der Waals surface area contributed by atoms with Crippen LogP contribution in [0.15, 0.2) is 27.4 Å². The first-order chi connectivity index (χ1) is 13.5. The molecule has 26 heavy (non-hydrogen) atoms. The van der Waals surface area contributed by atoms with E-state index in [9.17, 15) is 18.0 Å². The van der Waals surface area contributed by atoms with Crippen molar-refractivity contribution in [3.8, 4) is 0 Å². The second-order valence-electron chi connectivity index (χ2n) is 6.67. The largest absolute Gasteiger partial charge is 0.458 e. The molecule has 1 aliphatic rings. The van der Waals surface area contributed by atoms with Gasteiger partial charge in [0.1, 0.15) is 11.3 Å². The summed E-state index contributed by atoms with van der Waals surface area (Å²) in [6.45, 7) is -1.57. The highest BCUT2D eigenvalue weighted by molar-refractivity contribution is 6.00. The number of aromatic nitrogens is 2. The first kappa shape index (κ1) is 13.8. The van der Waals surface area contributed by atoms with Gasteiger partial charge in [-0.05, 0) is 45.1 Å². The van der Waals surface area contributed by atoms with Gasteiger partial charge in [0.25, 0.3) is 0 Å². The van der Waals surface area contributed by atoms with E-state index in [1.807, 2.05) is 7.05 Å². The molecule has 0 N–H and O–H groups in total. The predicted octanol–water partition coefficient (Wildman–Crippen LogP) is 3.51. The molecule has 4 rings (SSSR count). The lowest BCUT2D eigenvalue weighted by Crippen LogP contribution is -2.29. The maximum absolute atomic E-state index is 13.5. The maximum Gasteiger partial charge on any atom is 0.449 e. The zero-order chi connectivity index (χ0) is 21.1. The van der Waals surface area contributed by atoms with E-state index in [2.05, 4.69) is 9.88 Å². The van der Waals surface area contributed by atoms with Crippen molar-refractivity contribution >= 4 is 22.0 Å². The quantitative estimate of drug-likeness (QED) is 0.660. The standard InChI is InChI=1S/C18H18F3N3O2/c1-23-7-5-10(6-8-23)14-9-13(25)11-3-4-12-15(16(11)26-14)24(2)17(22-12)18(19,20)21/h3-4,9-10H,5-8H2,1-2H3/i2D3. The molecule has 0 radical (unpaired) electrons. The minimum atomic E-state index is -4.98. The molecule has 0 aliphatic carbocycles. The van der Waals surface area contributed by atoms with Gasteiger partial charge in [-0.15, -0.1) is 0 Å². The molecule has 3 heterocycles. The minimum absolute atomic E-state index is 0.0216. The second-order valence-corrected chi connectivity index (χ2v) is 6.67. The zero-order valence-corrected chi connectivity index (χ0v) is 13.9. The van der Waals surface area contributed by atoms with E-state index in [4.69, 9.17) is 8.53 Å². The number of imidazole rings is 1. The Kier molecular flexibility index (Phi) is 3.10. The molecule has 0 atom stereocenters. The summed E-state index contributed by atoms with van der Waals surface area (Å²) in [5, 5.41) is 0.0216. The third kappa shape index (κ3) is 2.68. The lowest BCUT2D eigenvalue weighted by molar-refractivity contribution is -0.146. The van der Waals surface area contributed by atoms with E-state index in [0.717, 1.165) is 25.9 Å². The normalized spacial score (nSPS) is 19.6. The van der Waals surface area contributed by atoms with Gasteiger partial charge in [0, 0.05) is 23.1 Å². The highest BCUT2D eigenvalue weighted by Crippen LogP contribution is 2.35. The van der Waals surface area contributed by atoms with Crippen molar-refractivity contribution < 1.29 is 21.7 Å². The summed E-state index contributed by atoms with van der Waals surface area (Å²) in [6.07, 6.45) is -3.52. The highest BCUT2D eigenvalue weighted by atomic mass is 19.4. The molecule has 1 fully saturated rings. The molecule has 2 aromatic heterocycles. The van der Waals surface area contributed by atoms with Crippen molar-refractivity contribution in [2.24, 2.45) is 6.98 Å². The van der Waals surface area contributed by atoms with Crippen molar-refractivity contribution in [2.45, 2.75) is 24.9 Å². The number of hydrogen-bond donors (Lipinski definition) is 0. The van der Waals surface area contributed by atoms with Crippen LogP contribution in [0.1, 0.15) is 34.5 Å². The van der Waals surface area contributed by atoms with Crippen molar-refractivity contribution in [3.05, 3.63) is 40.0 Å². The molecule has 5 nitrogen and oxygen atoms in total. The topological polar surface area (TPSA) is 51.3 Å². The third-order valence-electron chi connectivity index (χ3n) is 4.91. The number of aryl methyl sites for hydroxylation is 1. The van der Waals surface area contributed by atoms with Crippen molar-refractivity contribution in [1.29, 1.82) is 0 Å². The summed E-state index contributed by atoms with van der Waals surface area (Å²) in [7, 11) is 1.98. The van der Waals surface area contributed by atoms with Crippen LogP contribution in [0.4, 0.5) is 13.2 Å². The number of rotatable bonds is 1. The fourth-order valence-corrected chi connectivity index (χ4v) is 3.47. The van der Waals surface area contributed by atoms with Crippen LogP contribution in [0.5, 0.6) is 0 Å². The van der Waals surface area contributed by atoms with Crippen LogP contribution < -0.4 is 5.43 Å². The number of hydrogen-bond acceptors (Lipinski definition) is 4. The van der Waals surface area contributed by atoms with E-state index < -0.39 is 24.4 Å². The second kappa shape index (κ2) is 5.84. The van der Waals surface area contributed by atoms with Gasteiger partial charge in [-0.25, -0.2) is 4.98 Å². The summed E-state index contributed by atoms with van der Waals surface area (Å²) in [4.78, 5) is 18.3.